The lowest BCUT2D eigenvalue weighted by molar-refractivity contribution is 0.1000. The molecule has 5 rings (SSSR count). The number of nitrogens with two attached hydrogens (primary N) is 1. The minimum absolute atomic E-state index is 0.142. The van der Waals surface area contributed by atoms with Crippen LogP contribution in [0.25, 0.3) is 11.4 Å². The first-order valence-corrected chi connectivity index (χ1v) is 13.0. The van der Waals surface area contributed by atoms with Gasteiger partial charge in [-0.15, -0.1) is 0 Å². The largest absolute Gasteiger partial charge is 0.445 e. The lowest BCUT2D eigenvalue weighted by Crippen LogP contribution is -2.49. The van der Waals surface area contributed by atoms with Crippen LogP contribution < -0.4 is 21.7 Å². The molecule has 2 aromatic carbocycles. The minimum atomic E-state index is -0.662. The summed E-state index contributed by atoms with van der Waals surface area (Å²) in [4.78, 5) is 42.2. The molecule has 1 aliphatic rings. The summed E-state index contributed by atoms with van der Waals surface area (Å²) in [5.74, 6) is 0.463. The smallest absolute Gasteiger partial charge is 0.407 e. The highest BCUT2D eigenvalue weighted by Gasteiger charge is 2.50. The Balaban J connectivity index is 1.30. The van der Waals surface area contributed by atoms with Gasteiger partial charge in [-0.2, -0.15) is 4.98 Å². The average molecular weight is 539 g/mol. The monoisotopic (exact) mass is 538 g/mol. The van der Waals surface area contributed by atoms with Crippen molar-refractivity contribution in [1.29, 1.82) is 0 Å². The molecule has 11 nitrogen and oxygen atoms in total. The molecular weight excluding hydrogens is 508 g/mol. The second-order valence-electron chi connectivity index (χ2n) is 9.55. The van der Waals surface area contributed by atoms with Gasteiger partial charge in [0.15, 0.2) is 5.82 Å². The van der Waals surface area contributed by atoms with Gasteiger partial charge in [0.2, 0.25) is 5.95 Å². The molecule has 204 valence electrons. The second kappa shape index (κ2) is 11.8. The van der Waals surface area contributed by atoms with Crippen LogP contribution in [0.2, 0.25) is 0 Å². The highest BCUT2D eigenvalue weighted by atomic mass is 16.5. The summed E-state index contributed by atoms with van der Waals surface area (Å²) in [6.45, 7) is 2.21. The van der Waals surface area contributed by atoms with Gasteiger partial charge in [0.05, 0.1) is 11.6 Å². The van der Waals surface area contributed by atoms with Crippen LogP contribution in [0.4, 0.5) is 22.2 Å². The molecular formula is C29H30N8O3. The third-order valence-electron chi connectivity index (χ3n) is 6.73. The molecule has 4 aromatic rings. The zero-order chi connectivity index (χ0) is 28.0. The van der Waals surface area contributed by atoms with E-state index < -0.39 is 17.5 Å². The first kappa shape index (κ1) is 26.5. The first-order chi connectivity index (χ1) is 19.5. The second-order valence-corrected chi connectivity index (χ2v) is 9.55. The lowest BCUT2D eigenvalue weighted by Gasteiger charge is -2.28. The van der Waals surface area contributed by atoms with Gasteiger partial charge in [0.25, 0.3) is 5.91 Å². The van der Waals surface area contributed by atoms with Crippen LogP contribution in [0.3, 0.4) is 0 Å². The van der Waals surface area contributed by atoms with Crippen LogP contribution in [0.15, 0.2) is 79.3 Å². The number of anilines is 3. The number of alkyl carbamates (subject to hydrolysis) is 1. The predicted octanol–water partition coefficient (Wildman–Crippen LogP) is 4.43. The van der Waals surface area contributed by atoms with Gasteiger partial charge in [-0.3, -0.25) is 4.79 Å². The topological polar surface area (TPSA) is 157 Å². The lowest BCUT2D eigenvalue weighted by atomic mass is 10.0. The number of ether oxygens (including phenoxy) is 1. The van der Waals surface area contributed by atoms with Crippen molar-refractivity contribution < 1.29 is 14.3 Å². The van der Waals surface area contributed by atoms with Crippen molar-refractivity contribution in [2.45, 2.75) is 44.4 Å². The maximum Gasteiger partial charge on any atom is 0.407 e. The molecule has 5 N–H and O–H groups in total. The molecule has 1 fully saturated rings. The molecule has 0 unspecified atom stereocenters. The van der Waals surface area contributed by atoms with E-state index in [-0.39, 0.29) is 24.0 Å². The van der Waals surface area contributed by atoms with Crippen LogP contribution in [0.1, 0.15) is 42.1 Å². The number of aromatic nitrogens is 4. The molecule has 2 aromatic heterocycles. The highest BCUT2D eigenvalue weighted by Crippen LogP contribution is 2.41. The summed E-state index contributed by atoms with van der Waals surface area (Å²) in [5, 5.41) is 9.55. The number of carbonyl (C=O) groups excluding carboxylic acids is 2. The van der Waals surface area contributed by atoms with E-state index in [1.807, 2.05) is 61.5 Å². The summed E-state index contributed by atoms with van der Waals surface area (Å²) in [5.41, 5.74) is 7.66. The van der Waals surface area contributed by atoms with Crippen molar-refractivity contribution in [2.75, 3.05) is 10.6 Å². The van der Waals surface area contributed by atoms with Gasteiger partial charge >= 0.3 is 6.09 Å². The van der Waals surface area contributed by atoms with E-state index in [0.717, 1.165) is 24.0 Å². The Hall–Kier alpha value is -5.06. The molecule has 0 aliphatic heterocycles. The molecule has 1 saturated carbocycles. The third-order valence-corrected chi connectivity index (χ3v) is 6.73. The molecule has 0 bridgehead atoms. The van der Waals surface area contributed by atoms with Crippen molar-refractivity contribution in [3.8, 4) is 11.4 Å². The third kappa shape index (κ3) is 6.32. The number of nitrogens with one attached hydrogen (secondary N) is 3. The molecule has 1 atom stereocenters. The molecule has 40 heavy (non-hydrogen) atoms. The Labute approximate surface area is 231 Å². The highest BCUT2D eigenvalue weighted by molar-refractivity contribution is 5.98. The fraction of sp³-hybridized carbons (Fsp3) is 0.241. The van der Waals surface area contributed by atoms with Gasteiger partial charge in [-0.05, 0) is 43.0 Å². The van der Waals surface area contributed by atoms with Crippen LogP contribution in [0.5, 0.6) is 0 Å². The van der Waals surface area contributed by atoms with E-state index in [0.29, 0.717) is 23.9 Å². The van der Waals surface area contributed by atoms with Gasteiger partial charge in [-0.1, -0.05) is 49.4 Å². The van der Waals surface area contributed by atoms with Crippen LogP contribution >= 0.6 is 0 Å². The van der Waals surface area contributed by atoms with Crippen molar-refractivity contribution in [3.63, 3.8) is 0 Å². The quantitative estimate of drug-likeness (QED) is 0.217. The predicted molar refractivity (Wildman–Crippen MR) is 151 cm³/mol. The van der Waals surface area contributed by atoms with Gasteiger partial charge in [0, 0.05) is 29.8 Å². The molecule has 0 radical (unpaired) electrons. The number of primary amides is 1. The zero-order valence-electron chi connectivity index (χ0n) is 22.0. The maximum absolute atomic E-state index is 12.6. The molecule has 2 amide bonds. The molecule has 0 saturated heterocycles. The minimum Gasteiger partial charge on any atom is -0.445 e. The van der Waals surface area contributed by atoms with Gasteiger partial charge < -0.3 is 26.4 Å². The van der Waals surface area contributed by atoms with E-state index in [1.54, 1.807) is 18.5 Å². The van der Waals surface area contributed by atoms with E-state index >= 15 is 0 Å². The Bertz CT molecular complexity index is 1480. The number of nitrogens with zero attached hydrogens (tertiary/aromatic N) is 4. The van der Waals surface area contributed by atoms with Crippen molar-refractivity contribution in [3.05, 3.63) is 90.4 Å². The Morgan fingerprint density at radius 2 is 1.80 bits per heavy atom. The summed E-state index contributed by atoms with van der Waals surface area (Å²) in [6.07, 6.45) is 6.53. The zero-order valence-corrected chi connectivity index (χ0v) is 22.0. The van der Waals surface area contributed by atoms with Crippen molar-refractivity contribution in [1.82, 2.24) is 25.3 Å². The number of benzene rings is 2. The van der Waals surface area contributed by atoms with Crippen molar-refractivity contribution in [2.24, 2.45) is 5.73 Å². The first-order valence-electron chi connectivity index (χ1n) is 13.0. The standard InChI is InChI=1S/C29H30N8O3/c1-2-23(29(12-13-29)37-28(39)40-18-19-8-4-3-5-9-19)35-27-33-17-22(24(30)38)26(36-27)34-21-11-6-10-20(16-21)25-31-14-7-15-32-25/h3-11,14-17,23H,2,12-13,18H2,1H3,(H2,30,38)(H,37,39)(H2,33,34,35,36)/t23-/m1/s1. The Morgan fingerprint density at radius 1 is 1.02 bits per heavy atom. The molecule has 0 spiro atoms. The normalized spacial score (nSPS) is 14.0. The number of carbonyl (C=O) groups is 2. The number of hydrogen-bond donors (Lipinski definition) is 4. The molecule has 1 aliphatic carbocycles. The Morgan fingerprint density at radius 3 is 2.50 bits per heavy atom. The average Bonchev–Trinajstić information content (AvgIpc) is 3.76. The summed E-state index contributed by atoms with van der Waals surface area (Å²) < 4.78 is 5.44. The summed E-state index contributed by atoms with van der Waals surface area (Å²) in [6, 6.07) is 18.5. The van der Waals surface area contributed by atoms with Crippen LogP contribution in [0, 0.1) is 0 Å². The van der Waals surface area contributed by atoms with E-state index in [2.05, 4.69) is 35.9 Å². The SMILES string of the molecule is CC[C@@H](Nc1ncc(C(N)=O)c(Nc2cccc(-c3ncccn3)c2)n1)C1(NC(=O)OCc2ccccc2)CC1. The Kier molecular flexibility index (Phi) is 7.81. The fourth-order valence-corrected chi connectivity index (χ4v) is 4.49. The summed E-state index contributed by atoms with van der Waals surface area (Å²) in [7, 11) is 0. The van der Waals surface area contributed by atoms with Crippen LogP contribution in [-0.4, -0.2) is 43.5 Å². The fourth-order valence-electron chi connectivity index (χ4n) is 4.49. The maximum atomic E-state index is 12.6. The number of amides is 2. The number of rotatable bonds is 11. The van der Waals surface area contributed by atoms with E-state index in [1.165, 1.54) is 6.20 Å². The summed E-state index contributed by atoms with van der Waals surface area (Å²) >= 11 is 0. The molecule has 2 heterocycles. The van der Waals surface area contributed by atoms with Gasteiger partial charge in [-0.25, -0.2) is 19.7 Å². The van der Waals surface area contributed by atoms with Gasteiger partial charge in [0.1, 0.15) is 18.0 Å². The van der Waals surface area contributed by atoms with E-state index in [4.69, 9.17) is 10.5 Å². The van der Waals surface area contributed by atoms with Crippen LogP contribution in [-0.2, 0) is 11.3 Å². The number of hydrogen-bond acceptors (Lipinski definition) is 9. The van der Waals surface area contributed by atoms with E-state index in [9.17, 15) is 9.59 Å². The molecule has 11 heteroatoms. The van der Waals surface area contributed by atoms with Crippen molar-refractivity contribution >= 4 is 29.5 Å².